The quantitative estimate of drug-likeness (QED) is 0.228. The van der Waals surface area contributed by atoms with Gasteiger partial charge in [0.2, 0.25) is 5.89 Å². The van der Waals surface area contributed by atoms with Gasteiger partial charge in [-0.3, -0.25) is 4.98 Å². The number of aromatic nitrogens is 2. The Morgan fingerprint density at radius 3 is 1.90 bits per heavy atom. The van der Waals surface area contributed by atoms with E-state index in [1.807, 2.05) is 42.6 Å². The van der Waals surface area contributed by atoms with Crippen molar-refractivity contribution < 1.29 is 9.15 Å². The van der Waals surface area contributed by atoms with Crippen LogP contribution in [0.25, 0.3) is 11.5 Å². The molecule has 0 fully saturated rings. The average Bonchev–Trinajstić information content (AvgIpc) is 3.54. The molecular weight excluding hydrogens is 492 g/mol. The van der Waals surface area contributed by atoms with Crippen molar-refractivity contribution >= 4 is 0 Å². The highest BCUT2D eigenvalue weighted by atomic mass is 16.5. The van der Waals surface area contributed by atoms with Gasteiger partial charge in [0.15, 0.2) is 0 Å². The van der Waals surface area contributed by atoms with E-state index in [2.05, 4.69) is 97.7 Å². The smallest absolute Gasteiger partial charge is 0.225 e. The van der Waals surface area contributed by atoms with Crippen molar-refractivity contribution in [1.29, 1.82) is 0 Å². The number of hydrogen-bond donors (Lipinski definition) is 0. The van der Waals surface area contributed by atoms with E-state index in [0.29, 0.717) is 11.6 Å². The molecule has 40 heavy (non-hydrogen) atoms. The fourth-order valence-electron chi connectivity index (χ4n) is 6.31. The Kier molecular flexibility index (Phi) is 5.64. The highest BCUT2D eigenvalue weighted by molar-refractivity contribution is 5.69. The summed E-state index contributed by atoms with van der Waals surface area (Å²) in [6, 6.07) is 40.0. The first-order chi connectivity index (χ1) is 19.6. The normalized spacial score (nSPS) is 14.7. The molecule has 7 rings (SSSR count). The summed E-state index contributed by atoms with van der Waals surface area (Å²) >= 11 is 0. The number of oxazole rings is 1. The van der Waals surface area contributed by atoms with Crippen molar-refractivity contribution in [2.75, 3.05) is 0 Å². The third-order valence-electron chi connectivity index (χ3n) is 8.07. The second-order valence-corrected chi connectivity index (χ2v) is 10.7. The summed E-state index contributed by atoms with van der Waals surface area (Å²) in [6.45, 7) is 4.63. The van der Waals surface area contributed by atoms with Crippen LogP contribution >= 0.6 is 0 Å². The standard InChI is InChI=1S/C36H28N2O2/c1-35(2)29-15-3-5-17-31(29)36(33-19-7-8-20-37-33,32-18-6-4-16-30(32)35)26-12-10-14-28(24-26)40-27-13-9-11-25(23-27)34-38-21-22-39-34/h3-24H,1-2H3. The molecule has 4 nitrogen and oxygen atoms in total. The lowest BCUT2D eigenvalue weighted by Crippen LogP contribution is -2.42. The zero-order valence-corrected chi connectivity index (χ0v) is 22.4. The molecule has 0 saturated heterocycles. The van der Waals surface area contributed by atoms with Crippen LogP contribution in [0.4, 0.5) is 0 Å². The molecule has 0 unspecified atom stereocenters. The van der Waals surface area contributed by atoms with Gasteiger partial charge in [-0.15, -0.1) is 0 Å². The van der Waals surface area contributed by atoms with Crippen molar-refractivity contribution in [3.05, 3.63) is 167 Å². The molecule has 2 heterocycles. The van der Waals surface area contributed by atoms with Crippen LogP contribution in [0.5, 0.6) is 11.5 Å². The second-order valence-electron chi connectivity index (χ2n) is 10.7. The molecule has 4 heteroatoms. The van der Waals surface area contributed by atoms with E-state index in [1.54, 1.807) is 12.5 Å². The van der Waals surface area contributed by atoms with Crippen LogP contribution in [0, 0.1) is 0 Å². The average molecular weight is 521 g/mol. The lowest BCUT2D eigenvalue weighted by molar-refractivity contribution is 0.479. The summed E-state index contributed by atoms with van der Waals surface area (Å²) in [4.78, 5) is 9.27. The Bertz CT molecular complexity index is 1760. The maximum Gasteiger partial charge on any atom is 0.225 e. The maximum absolute atomic E-state index is 6.46. The van der Waals surface area contributed by atoms with E-state index in [-0.39, 0.29) is 5.41 Å². The van der Waals surface area contributed by atoms with Gasteiger partial charge in [0.05, 0.1) is 17.3 Å². The molecule has 2 aromatic heterocycles. The fraction of sp³-hybridized carbons (Fsp3) is 0.111. The van der Waals surface area contributed by atoms with Crippen molar-refractivity contribution in [2.45, 2.75) is 24.7 Å². The maximum atomic E-state index is 6.46. The Morgan fingerprint density at radius 1 is 0.600 bits per heavy atom. The number of rotatable bonds is 5. The lowest BCUT2D eigenvalue weighted by Gasteiger charge is -2.47. The summed E-state index contributed by atoms with van der Waals surface area (Å²) in [5, 5.41) is 0. The number of hydrogen-bond acceptors (Lipinski definition) is 4. The SMILES string of the molecule is CC1(C)c2ccccc2C(c2cccc(Oc3cccc(-c4ncco4)c3)c2)(c2ccccn2)c2ccccc21. The molecule has 0 bridgehead atoms. The predicted molar refractivity (Wildman–Crippen MR) is 157 cm³/mol. The van der Waals surface area contributed by atoms with Crippen LogP contribution in [0.2, 0.25) is 0 Å². The van der Waals surface area contributed by atoms with Crippen LogP contribution in [-0.2, 0) is 10.8 Å². The van der Waals surface area contributed by atoms with Gasteiger partial charge in [-0.1, -0.05) is 86.6 Å². The molecule has 4 aromatic carbocycles. The minimum Gasteiger partial charge on any atom is -0.457 e. The predicted octanol–water partition coefficient (Wildman–Crippen LogP) is 8.55. The molecule has 0 spiro atoms. The van der Waals surface area contributed by atoms with Gasteiger partial charge in [-0.25, -0.2) is 4.98 Å². The molecule has 0 N–H and O–H groups in total. The van der Waals surface area contributed by atoms with Gasteiger partial charge in [0.1, 0.15) is 17.8 Å². The number of benzene rings is 4. The first-order valence-corrected chi connectivity index (χ1v) is 13.5. The molecule has 0 saturated carbocycles. The van der Waals surface area contributed by atoms with Crippen molar-refractivity contribution in [3.63, 3.8) is 0 Å². The van der Waals surface area contributed by atoms with E-state index < -0.39 is 5.41 Å². The van der Waals surface area contributed by atoms with Crippen molar-refractivity contribution in [1.82, 2.24) is 9.97 Å². The monoisotopic (exact) mass is 520 g/mol. The van der Waals surface area contributed by atoms with E-state index in [1.165, 1.54) is 22.3 Å². The Hall–Kier alpha value is -4.96. The van der Waals surface area contributed by atoms with Gasteiger partial charge < -0.3 is 9.15 Å². The number of ether oxygens (including phenoxy) is 1. The van der Waals surface area contributed by atoms with Gasteiger partial charge in [-0.05, 0) is 70.3 Å². The zero-order valence-electron chi connectivity index (χ0n) is 22.4. The van der Waals surface area contributed by atoms with Gasteiger partial charge >= 0.3 is 0 Å². The highest BCUT2D eigenvalue weighted by Gasteiger charge is 2.49. The largest absolute Gasteiger partial charge is 0.457 e. The van der Waals surface area contributed by atoms with E-state index in [9.17, 15) is 0 Å². The first-order valence-electron chi connectivity index (χ1n) is 13.5. The molecular formula is C36H28N2O2. The topological polar surface area (TPSA) is 48.2 Å². The molecule has 0 atom stereocenters. The fourth-order valence-corrected chi connectivity index (χ4v) is 6.31. The van der Waals surface area contributed by atoms with Crippen LogP contribution in [0.15, 0.2) is 138 Å². The third kappa shape index (κ3) is 3.68. The number of fused-ring (bicyclic) bond motifs is 2. The minimum atomic E-state index is -0.622. The molecule has 0 amide bonds. The Morgan fingerprint density at radius 2 is 1.25 bits per heavy atom. The second kappa shape index (κ2) is 9.35. The number of pyridine rings is 1. The van der Waals surface area contributed by atoms with E-state index in [0.717, 1.165) is 22.6 Å². The molecule has 1 aliphatic rings. The van der Waals surface area contributed by atoms with E-state index in [4.69, 9.17) is 14.1 Å². The first kappa shape index (κ1) is 24.1. The van der Waals surface area contributed by atoms with Gasteiger partial charge in [-0.2, -0.15) is 0 Å². The molecule has 1 aliphatic carbocycles. The van der Waals surface area contributed by atoms with Gasteiger partial charge in [0, 0.05) is 17.2 Å². The van der Waals surface area contributed by atoms with Crippen LogP contribution in [-0.4, -0.2) is 9.97 Å². The highest BCUT2D eigenvalue weighted by Crippen LogP contribution is 2.55. The molecule has 6 aromatic rings. The van der Waals surface area contributed by atoms with Crippen molar-refractivity contribution in [3.8, 4) is 23.0 Å². The Balaban J connectivity index is 1.44. The summed E-state index contributed by atoms with van der Waals surface area (Å²) in [5.74, 6) is 2.02. The van der Waals surface area contributed by atoms with Crippen molar-refractivity contribution in [2.24, 2.45) is 0 Å². The van der Waals surface area contributed by atoms with Crippen LogP contribution in [0.3, 0.4) is 0 Å². The number of nitrogens with zero attached hydrogens (tertiary/aromatic N) is 2. The molecule has 194 valence electrons. The zero-order chi connectivity index (χ0) is 27.2. The van der Waals surface area contributed by atoms with Crippen LogP contribution in [0.1, 0.15) is 47.4 Å². The summed E-state index contributed by atoms with van der Waals surface area (Å²) in [6.07, 6.45) is 5.10. The summed E-state index contributed by atoms with van der Waals surface area (Å²) in [7, 11) is 0. The molecule has 0 aliphatic heterocycles. The summed E-state index contributed by atoms with van der Waals surface area (Å²) in [5.41, 5.74) is 7.22. The molecule has 0 radical (unpaired) electrons. The minimum absolute atomic E-state index is 0.167. The van der Waals surface area contributed by atoms with E-state index >= 15 is 0 Å². The third-order valence-corrected chi connectivity index (χ3v) is 8.07. The van der Waals surface area contributed by atoms with Gasteiger partial charge in [0.25, 0.3) is 0 Å². The van der Waals surface area contributed by atoms with Crippen LogP contribution < -0.4 is 4.74 Å². The Labute approximate surface area is 234 Å². The summed E-state index contributed by atoms with van der Waals surface area (Å²) < 4.78 is 12.0. The lowest BCUT2D eigenvalue weighted by atomic mass is 9.55.